The Morgan fingerprint density at radius 1 is 1.00 bits per heavy atom. The first-order chi connectivity index (χ1) is 11.8. The minimum absolute atomic E-state index is 0.204. The third-order valence-corrected chi connectivity index (χ3v) is 6.20. The molecule has 0 aromatic heterocycles. The van der Waals surface area contributed by atoms with Crippen LogP contribution in [0.1, 0.15) is 5.56 Å². The van der Waals surface area contributed by atoms with Gasteiger partial charge in [-0.05, 0) is 17.2 Å². The van der Waals surface area contributed by atoms with Gasteiger partial charge in [0.25, 0.3) is 0 Å². The summed E-state index contributed by atoms with van der Waals surface area (Å²) in [6, 6.07) is 16.0. The number of rotatable bonds is 3. The molecule has 0 amide bonds. The van der Waals surface area contributed by atoms with Crippen LogP contribution in [0.15, 0.2) is 54.6 Å². The zero-order chi connectivity index (χ0) is 18.2. The second kappa shape index (κ2) is 6.51. The van der Waals surface area contributed by atoms with Crippen molar-refractivity contribution >= 4 is 9.84 Å². The molecule has 0 aliphatic carbocycles. The first-order valence-corrected chi connectivity index (χ1v) is 9.70. The van der Waals surface area contributed by atoms with E-state index in [1.807, 2.05) is 36.4 Å². The number of aliphatic hydroxyl groups is 3. The van der Waals surface area contributed by atoms with Gasteiger partial charge in [-0.1, -0.05) is 48.5 Å². The Morgan fingerprint density at radius 2 is 1.64 bits per heavy atom. The van der Waals surface area contributed by atoms with Crippen molar-refractivity contribution in [1.82, 2.24) is 0 Å². The lowest BCUT2D eigenvalue weighted by Crippen LogP contribution is -2.62. The lowest BCUT2D eigenvalue weighted by atomic mass is 9.92. The highest BCUT2D eigenvalue weighted by Crippen LogP contribution is 2.41. The largest absolute Gasteiger partial charge is 0.388 e. The van der Waals surface area contributed by atoms with Gasteiger partial charge in [-0.15, -0.1) is 0 Å². The van der Waals surface area contributed by atoms with Crippen molar-refractivity contribution in [2.24, 2.45) is 0 Å². The van der Waals surface area contributed by atoms with E-state index in [-0.39, 0.29) is 5.56 Å². The van der Waals surface area contributed by atoms with Crippen molar-refractivity contribution in [2.45, 2.75) is 23.2 Å². The molecule has 6 nitrogen and oxygen atoms in total. The maximum atomic E-state index is 12.5. The molecule has 1 heterocycles. The Kier molecular flexibility index (Phi) is 4.70. The van der Waals surface area contributed by atoms with Gasteiger partial charge in [0.2, 0.25) is 4.93 Å². The molecular weight excluding hydrogens is 344 g/mol. The van der Waals surface area contributed by atoms with E-state index in [0.29, 0.717) is 0 Å². The summed E-state index contributed by atoms with van der Waals surface area (Å²) in [5.74, 6) is 0. The van der Waals surface area contributed by atoms with Gasteiger partial charge < -0.3 is 20.1 Å². The standard InChI is InChI=1S/C18H20O6S/c1-25(22,23)18(17(21)16(20)15(19)11-24-18)14-9-5-8-13(10-14)12-6-3-2-4-7-12/h2-10,15-17,19-21H,11H2,1H3. The van der Waals surface area contributed by atoms with Crippen LogP contribution in [0.4, 0.5) is 0 Å². The number of hydrogen-bond donors (Lipinski definition) is 3. The number of ether oxygens (including phenoxy) is 1. The van der Waals surface area contributed by atoms with E-state index in [9.17, 15) is 23.7 Å². The van der Waals surface area contributed by atoms with Gasteiger partial charge in [0.1, 0.15) is 18.3 Å². The smallest absolute Gasteiger partial charge is 0.222 e. The minimum atomic E-state index is -3.99. The van der Waals surface area contributed by atoms with E-state index < -0.39 is 39.7 Å². The van der Waals surface area contributed by atoms with Gasteiger partial charge >= 0.3 is 0 Å². The molecule has 0 radical (unpaired) electrons. The highest BCUT2D eigenvalue weighted by atomic mass is 32.2. The quantitative estimate of drug-likeness (QED) is 0.739. The highest BCUT2D eigenvalue weighted by Gasteiger charge is 2.57. The number of sulfone groups is 1. The first-order valence-electron chi connectivity index (χ1n) is 7.81. The van der Waals surface area contributed by atoms with E-state index in [1.165, 1.54) is 6.07 Å². The Hall–Kier alpha value is -1.77. The van der Waals surface area contributed by atoms with E-state index >= 15 is 0 Å². The fourth-order valence-corrected chi connectivity index (χ4v) is 4.58. The third-order valence-electron chi connectivity index (χ3n) is 4.50. The van der Waals surface area contributed by atoms with Crippen molar-refractivity contribution in [3.05, 3.63) is 60.2 Å². The van der Waals surface area contributed by atoms with Gasteiger partial charge in [-0.3, -0.25) is 0 Å². The van der Waals surface area contributed by atoms with Crippen LogP contribution >= 0.6 is 0 Å². The van der Waals surface area contributed by atoms with Crippen LogP contribution in [0.3, 0.4) is 0 Å². The molecule has 134 valence electrons. The number of hydrogen-bond acceptors (Lipinski definition) is 6. The summed E-state index contributed by atoms with van der Waals surface area (Å²) in [6.07, 6.45) is -3.88. The molecule has 1 fully saturated rings. The Bertz CT molecular complexity index is 851. The Labute approximate surface area is 146 Å². The molecule has 2 aromatic rings. The summed E-state index contributed by atoms with van der Waals surface area (Å²) >= 11 is 0. The minimum Gasteiger partial charge on any atom is -0.388 e. The SMILES string of the molecule is CS(=O)(=O)C1(c2cccc(-c3ccccc3)c2)OCC(O)C(O)C1O. The number of benzene rings is 2. The second-order valence-corrected chi connectivity index (χ2v) is 8.35. The zero-order valence-corrected chi connectivity index (χ0v) is 14.4. The summed E-state index contributed by atoms with van der Waals surface area (Å²) in [7, 11) is -3.99. The molecule has 0 saturated carbocycles. The molecule has 1 aliphatic rings. The average Bonchev–Trinajstić information content (AvgIpc) is 2.60. The van der Waals surface area contributed by atoms with E-state index in [4.69, 9.17) is 4.74 Å². The van der Waals surface area contributed by atoms with Gasteiger partial charge in [0, 0.05) is 11.8 Å². The first kappa shape index (κ1) is 18.0. The van der Waals surface area contributed by atoms with Crippen LogP contribution in [0.25, 0.3) is 11.1 Å². The summed E-state index contributed by atoms with van der Waals surface area (Å²) in [4.78, 5) is -2.14. The molecule has 7 heteroatoms. The van der Waals surface area contributed by atoms with E-state index in [2.05, 4.69) is 0 Å². The molecule has 0 bridgehead atoms. The fourth-order valence-electron chi connectivity index (χ4n) is 3.17. The maximum absolute atomic E-state index is 12.5. The van der Waals surface area contributed by atoms with E-state index in [0.717, 1.165) is 17.4 Å². The number of aliphatic hydroxyl groups excluding tert-OH is 3. The summed E-state index contributed by atoms with van der Waals surface area (Å²) in [5.41, 5.74) is 1.83. The van der Waals surface area contributed by atoms with Crippen LogP contribution in [-0.4, -0.2) is 54.9 Å². The molecule has 0 spiro atoms. The molecule has 3 N–H and O–H groups in total. The predicted molar refractivity (Wildman–Crippen MR) is 92.4 cm³/mol. The van der Waals surface area contributed by atoms with Gasteiger partial charge in [-0.25, -0.2) is 8.42 Å². The van der Waals surface area contributed by atoms with Crippen LogP contribution in [0.2, 0.25) is 0 Å². The predicted octanol–water partition coefficient (Wildman–Crippen LogP) is 0.664. The molecule has 25 heavy (non-hydrogen) atoms. The molecular formula is C18H20O6S. The summed E-state index contributed by atoms with van der Waals surface area (Å²) in [5, 5.41) is 30.2. The summed E-state index contributed by atoms with van der Waals surface area (Å²) in [6.45, 7) is -0.402. The highest BCUT2D eigenvalue weighted by molar-refractivity contribution is 7.91. The maximum Gasteiger partial charge on any atom is 0.222 e. The van der Waals surface area contributed by atoms with Crippen molar-refractivity contribution in [1.29, 1.82) is 0 Å². The van der Waals surface area contributed by atoms with Crippen molar-refractivity contribution in [2.75, 3.05) is 12.9 Å². The summed E-state index contributed by atoms with van der Waals surface area (Å²) < 4.78 is 30.5. The normalized spacial score (nSPS) is 30.2. The van der Waals surface area contributed by atoms with E-state index in [1.54, 1.807) is 12.1 Å². The van der Waals surface area contributed by atoms with Crippen LogP contribution < -0.4 is 0 Å². The molecule has 4 unspecified atom stereocenters. The molecule has 1 aliphatic heterocycles. The molecule has 4 atom stereocenters. The van der Waals surface area contributed by atoms with Crippen LogP contribution in [-0.2, 0) is 19.5 Å². The van der Waals surface area contributed by atoms with Gasteiger partial charge in [0.15, 0.2) is 9.84 Å². The van der Waals surface area contributed by atoms with Gasteiger partial charge in [0.05, 0.1) is 6.61 Å². The lowest BCUT2D eigenvalue weighted by Gasteiger charge is -2.44. The fraction of sp³-hybridized carbons (Fsp3) is 0.333. The monoisotopic (exact) mass is 364 g/mol. The second-order valence-electron chi connectivity index (χ2n) is 6.20. The lowest BCUT2D eigenvalue weighted by molar-refractivity contribution is -0.207. The molecule has 3 rings (SSSR count). The topological polar surface area (TPSA) is 104 Å². The Morgan fingerprint density at radius 3 is 2.28 bits per heavy atom. The van der Waals surface area contributed by atoms with Crippen molar-refractivity contribution < 1.29 is 28.5 Å². The van der Waals surface area contributed by atoms with Crippen LogP contribution in [0.5, 0.6) is 0 Å². The average molecular weight is 364 g/mol. The third kappa shape index (κ3) is 2.98. The van der Waals surface area contributed by atoms with Gasteiger partial charge in [-0.2, -0.15) is 0 Å². The Balaban J connectivity index is 2.16. The molecule has 2 aromatic carbocycles. The van der Waals surface area contributed by atoms with Crippen molar-refractivity contribution in [3.8, 4) is 11.1 Å². The van der Waals surface area contributed by atoms with Crippen LogP contribution in [0, 0.1) is 0 Å². The zero-order valence-electron chi connectivity index (χ0n) is 13.6. The van der Waals surface area contributed by atoms with Crippen molar-refractivity contribution in [3.63, 3.8) is 0 Å². The molecule has 1 saturated heterocycles.